The molecule has 0 radical (unpaired) electrons. The Labute approximate surface area is 177 Å². The van der Waals surface area contributed by atoms with Crippen LogP contribution in [0.3, 0.4) is 0 Å². The van der Waals surface area contributed by atoms with Crippen LogP contribution in [0.2, 0.25) is 0 Å². The number of ether oxygens (including phenoxy) is 2. The van der Waals surface area contributed by atoms with Gasteiger partial charge in [-0.2, -0.15) is 0 Å². The predicted octanol–water partition coefficient (Wildman–Crippen LogP) is 4.68. The molecular formula is C23H19BrO5. The minimum atomic E-state index is -1.15. The van der Waals surface area contributed by atoms with Crippen molar-refractivity contribution in [2.45, 2.75) is 12.7 Å². The maximum absolute atomic E-state index is 12.6. The first kappa shape index (κ1) is 20.8. The molecule has 0 fully saturated rings. The van der Waals surface area contributed by atoms with Gasteiger partial charge in [0.2, 0.25) is 6.10 Å². The quantitative estimate of drug-likeness (QED) is 0.547. The number of rotatable bonds is 6. The van der Waals surface area contributed by atoms with Crippen molar-refractivity contribution in [1.29, 1.82) is 0 Å². The number of hydrogen-bond donors (Lipinski definition) is 1. The highest BCUT2D eigenvalue weighted by atomic mass is 79.9. The first-order chi connectivity index (χ1) is 14.0. The van der Waals surface area contributed by atoms with Crippen LogP contribution in [0.1, 0.15) is 27.6 Å². The molecule has 0 aliphatic rings. The summed E-state index contributed by atoms with van der Waals surface area (Å²) in [6.07, 6.45) is -1.15. The molecule has 0 aliphatic heterocycles. The minimum absolute atomic E-state index is 0.0385. The normalized spacial score (nSPS) is 11.6. The fraction of sp³-hybridized carbons (Fsp3) is 0.130. The molecule has 3 aromatic carbocycles. The Kier molecular flexibility index (Phi) is 6.80. The van der Waals surface area contributed by atoms with Gasteiger partial charge in [0, 0.05) is 10.0 Å². The van der Waals surface area contributed by atoms with Crippen molar-refractivity contribution in [2.24, 2.45) is 0 Å². The molecule has 5 nitrogen and oxygen atoms in total. The van der Waals surface area contributed by atoms with E-state index < -0.39 is 18.0 Å². The summed E-state index contributed by atoms with van der Waals surface area (Å²) >= 11 is 3.33. The summed E-state index contributed by atoms with van der Waals surface area (Å²) in [5, 5.41) is 9.28. The highest BCUT2D eigenvalue weighted by Gasteiger charge is 2.26. The predicted molar refractivity (Wildman–Crippen MR) is 112 cm³/mol. The first-order valence-electron chi connectivity index (χ1n) is 8.86. The van der Waals surface area contributed by atoms with Gasteiger partial charge in [0.15, 0.2) is 0 Å². The van der Waals surface area contributed by atoms with Crippen LogP contribution in [0, 0.1) is 0 Å². The molecule has 0 heterocycles. The first-order valence-corrected chi connectivity index (χ1v) is 9.65. The van der Waals surface area contributed by atoms with Crippen molar-refractivity contribution in [3.63, 3.8) is 0 Å². The van der Waals surface area contributed by atoms with Crippen molar-refractivity contribution >= 4 is 27.9 Å². The van der Waals surface area contributed by atoms with Gasteiger partial charge < -0.3 is 14.6 Å². The molecule has 0 spiro atoms. The van der Waals surface area contributed by atoms with Gasteiger partial charge in [0.05, 0.1) is 19.3 Å². The third-order valence-electron chi connectivity index (χ3n) is 4.38. The Morgan fingerprint density at radius 2 is 1.66 bits per heavy atom. The molecular weight excluding hydrogens is 436 g/mol. The van der Waals surface area contributed by atoms with E-state index in [-0.39, 0.29) is 6.61 Å². The molecule has 29 heavy (non-hydrogen) atoms. The molecule has 0 amide bonds. The Bertz CT molecular complexity index is 997. The lowest BCUT2D eigenvalue weighted by atomic mass is 10.0. The highest BCUT2D eigenvalue weighted by Crippen LogP contribution is 2.25. The number of benzene rings is 3. The average Bonchev–Trinajstić information content (AvgIpc) is 2.77. The molecule has 1 N–H and O–H groups in total. The lowest BCUT2D eigenvalue weighted by Gasteiger charge is -2.16. The van der Waals surface area contributed by atoms with Crippen molar-refractivity contribution in [2.75, 3.05) is 7.11 Å². The number of carbonyl (C=O) groups excluding carboxylic acids is 2. The van der Waals surface area contributed by atoms with Crippen molar-refractivity contribution in [3.8, 4) is 11.1 Å². The van der Waals surface area contributed by atoms with Crippen LogP contribution < -0.4 is 0 Å². The Balaban J connectivity index is 1.79. The number of methoxy groups -OCH3 is 1. The SMILES string of the molecule is COC(=O)C(OC(=O)c1ccc(-c2cccc(CO)c2)cc1)c1ccc(Br)cc1. The van der Waals surface area contributed by atoms with E-state index in [0.717, 1.165) is 21.2 Å². The third kappa shape index (κ3) is 5.10. The number of aliphatic hydroxyl groups excluding tert-OH is 1. The van der Waals surface area contributed by atoms with Crippen LogP contribution in [-0.2, 0) is 20.9 Å². The number of esters is 2. The summed E-state index contributed by atoms with van der Waals surface area (Å²) in [5.74, 6) is -1.28. The molecule has 3 rings (SSSR count). The maximum Gasteiger partial charge on any atom is 0.351 e. The van der Waals surface area contributed by atoms with Gasteiger partial charge in [0.1, 0.15) is 0 Å². The standard InChI is InChI=1S/C23H19BrO5/c1-28-23(27)21(17-9-11-20(24)12-10-17)29-22(26)18-7-5-16(6-8-18)19-4-2-3-15(13-19)14-25/h2-13,21,25H,14H2,1H3. The second-order valence-corrected chi connectivity index (χ2v) is 7.21. The Hall–Kier alpha value is -2.96. The molecule has 1 atom stereocenters. The topological polar surface area (TPSA) is 72.8 Å². The number of carbonyl (C=O) groups is 2. The van der Waals surface area contributed by atoms with Gasteiger partial charge >= 0.3 is 11.9 Å². The number of hydrogen-bond acceptors (Lipinski definition) is 5. The van der Waals surface area contributed by atoms with Gasteiger partial charge in [-0.3, -0.25) is 0 Å². The molecule has 0 aliphatic carbocycles. The van der Waals surface area contributed by atoms with E-state index in [0.29, 0.717) is 11.1 Å². The average molecular weight is 455 g/mol. The van der Waals surface area contributed by atoms with E-state index >= 15 is 0 Å². The lowest BCUT2D eigenvalue weighted by molar-refractivity contribution is -0.151. The van der Waals surface area contributed by atoms with Crippen molar-refractivity contribution in [3.05, 3.63) is 94.0 Å². The fourth-order valence-corrected chi connectivity index (χ4v) is 3.08. The summed E-state index contributed by atoms with van der Waals surface area (Å²) in [6.45, 7) is -0.0385. The van der Waals surface area contributed by atoms with Crippen LogP contribution in [0.15, 0.2) is 77.3 Å². The molecule has 0 saturated carbocycles. The summed E-state index contributed by atoms with van der Waals surface area (Å²) in [6, 6.07) is 21.3. The van der Waals surface area contributed by atoms with E-state index in [9.17, 15) is 14.7 Å². The second kappa shape index (κ2) is 9.49. The minimum Gasteiger partial charge on any atom is -0.466 e. The van der Waals surface area contributed by atoms with Crippen LogP contribution in [0.5, 0.6) is 0 Å². The molecule has 3 aromatic rings. The van der Waals surface area contributed by atoms with Crippen LogP contribution in [0.4, 0.5) is 0 Å². The molecule has 0 aromatic heterocycles. The summed E-state index contributed by atoms with van der Waals surface area (Å²) in [7, 11) is 1.25. The monoisotopic (exact) mass is 454 g/mol. The van der Waals surface area contributed by atoms with Crippen molar-refractivity contribution in [1.82, 2.24) is 0 Å². The molecule has 1 unspecified atom stereocenters. The maximum atomic E-state index is 12.6. The van der Waals surface area contributed by atoms with E-state index in [1.165, 1.54) is 7.11 Å². The summed E-state index contributed by atoms with van der Waals surface area (Å²) in [4.78, 5) is 24.7. The lowest BCUT2D eigenvalue weighted by Crippen LogP contribution is -2.21. The van der Waals surface area contributed by atoms with Crippen LogP contribution in [0.25, 0.3) is 11.1 Å². The number of halogens is 1. The summed E-state index contributed by atoms with van der Waals surface area (Å²) in [5.41, 5.74) is 3.47. The van der Waals surface area contributed by atoms with E-state index in [4.69, 9.17) is 9.47 Å². The molecule has 148 valence electrons. The van der Waals surface area contributed by atoms with Gasteiger partial charge in [-0.15, -0.1) is 0 Å². The fourth-order valence-electron chi connectivity index (χ4n) is 2.82. The Morgan fingerprint density at radius 3 is 2.28 bits per heavy atom. The van der Waals surface area contributed by atoms with Crippen molar-refractivity contribution < 1.29 is 24.2 Å². The van der Waals surface area contributed by atoms with Crippen LogP contribution >= 0.6 is 15.9 Å². The third-order valence-corrected chi connectivity index (χ3v) is 4.91. The van der Waals surface area contributed by atoms with Gasteiger partial charge in [-0.05, 0) is 47.0 Å². The van der Waals surface area contributed by atoms with Gasteiger partial charge in [-0.1, -0.05) is 58.4 Å². The summed E-state index contributed by atoms with van der Waals surface area (Å²) < 4.78 is 11.1. The van der Waals surface area contributed by atoms with E-state index in [2.05, 4.69) is 15.9 Å². The molecule has 0 saturated heterocycles. The van der Waals surface area contributed by atoms with Gasteiger partial charge in [0.25, 0.3) is 0 Å². The molecule has 6 heteroatoms. The van der Waals surface area contributed by atoms with Gasteiger partial charge in [-0.25, -0.2) is 9.59 Å². The van der Waals surface area contributed by atoms with Crippen LogP contribution in [-0.4, -0.2) is 24.2 Å². The van der Waals surface area contributed by atoms with E-state index in [1.807, 2.05) is 24.3 Å². The zero-order valence-electron chi connectivity index (χ0n) is 15.7. The highest BCUT2D eigenvalue weighted by molar-refractivity contribution is 9.10. The zero-order chi connectivity index (χ0) is 20.8. The van der Waals surface area contributed by atoms with E-state index in [1.54, 1.807) is 48.5 Å². The Morgan fingerprint density at radius 1 is 0.966 bits per heavy atom. The zero-order valence-corrected chi connectivity index (χ0v) is 17.3. The molecule has 0 bridgehead atoms. The smallest absolute Gasteiger partial charge is 0.351 e. The largest absolute Gasteiger partial charge is 0.466 e. The second-order valence-electron chi connectivity index (χ2n) is 6.30. The number of aliphatic hydroxyl groups is 1.